The van der Waals surface area contributed by atoms with Crippen molar-refractivity contribution in [2.45, 2.75) is 13.1 Å². The third-order valence-corrected chi connectivity index (χ3v) is 5.74. The standard InChI is InChI=1S/C17H12N2O3S2/c20-11(9-18-12-5-1-3-7-14(12)23-16(18)21)10-19-13-6-2-4-8-15(13)24-17(19)22/h1-8H,9-10H2. The van der Waals surface area contributed by atoms with Crippen molar-refractivity contribution in [2.24, 2.45) is 0 Å². The molecule has 0 atom stereocenters. The summed E-state index contributed by atoms with van der Waals surface area (Å²) in [5, 5.41) is 0. The first kappa shape index (κ1) is 15.0. The third-order valence-electron chi connectivity index (χ3n) is 3.82. The first-order valence-corrected chi connectivity index (χ1v) is 8.95. The van der Waals surface area contributed by atoms with E-state index < -0.39 is 0 Å². The van der Waals surface area contributed by atoms with Crippen LogP contribution in [0.3, 0.4) is 0 Å². The quantitative estimate of drug-likeness (QED) is 0.565. The maximum atomic E-state index is 12.5. The van der Waals surface area contributed by atoms with Gasteiger partial charge in [0.05, 0.1) is 33.5 Å². The van der Waals surface area contributed by atoms with E-state index in [-0.39, 0.29) is 28.6 Å². The van der Waals surface area contributed by atoms with Crippen molar-refractivity contribution in [1.29, 1.82) is 0 Å². The number of hydrogen-bond donors (Lipinski definition) is 0. The minimum Gasteiger partial charge on any atom is -0.296 e. The number of rotatable bonds is 4. The summed E-state index contributed by atoms with van der Waals surface area (Å²) in [7, 11) is 0. The van der Waals surface area contributed by atoms with E-state index in [0.29, 0.717) is 0 Å². The van der Waals surface area contributed by atoms with E-state index in [9.17, 15) is 14.4 Å². The lowest BCUT2D eigenvalue weighted by molar-refractivity contribution is -0.120. The molecule has 0 N–H and O–H groups in total. The molecular formula is C17H12N2O3S2. The fraction of sp³-hybridized carbons (Fsp3) is 0.118. The molecule has 24 heavy (non-hydrogen) atoms. The minimum absolute atomic E-state index is 0.0283. The average molecular weight is 356 g/mol. The van der Waals surface area contributed by atoms with Crippen LogP contribution in [0.2, 0.25) is 0 Å². The fourth-order valence-electron chi connectivity index (χ4n) is 2.73. The summed E-state index contributed by atoms with van der Waals surface area (Å²) < 4.78 is 4.66. The molecule has 2 aromatic carbocycles. The Balaban J connectivity index is 1.67. The highest BCUT2D eigenvalue weighted by Crippen LogP contribution is 2.18. The molecule has 120 valence electrons. The number of aromatic nitrogens is 2. The third kappa shape index (κ3) is 2.51. The summed E-state index contributed by atoms with van der Waals surface area (Å²) in [4.78, 5) is 36.4. The molecule has 0 radical (unpaired) electrons. The zero-order valence-electron chi connectivity index (χ0n) is 12.5. The Hall–Kier alpha value is -2.51. The SMILES string of the molecule is O=C(Cn1c(=O)sc2ccccc21)Cn1c(=O)sc2ccccc21. The highest BCUT2D eigenvalue weighted by Gasteiger charge is 2.14. The van der Waals surface area contributed by atoms with Gasteiger partial charge in [0.2, 0.25) is 0 Å². The van der Waals surface area contributed by atoms with Crippen molar-refractivity contribution < 1.29 is 4.79 Å². The predicted molar refractivity (Wildman–Crippen MR) is 97.2 cm³/mol. The van der Waals surface area contributed by atoms with Crippen LogP contribution in [0.1, 0.15) is 0 Å². The maximum Gasteiger partial charge on any atom is 0.308 e. The number of ketones is 1. The Kier molecular flexibility index (Phi) is 3.66. The Labute approximate surface area is 144 Å². The van der Waals surface area contributed by atoms with Crippen LogP contribution >= 0.6 is 22.7 Å². The van der Waals surface area contributed by atoms with E-state index in [0.717, 1.165) is 43.1 Å². The van der Waals surface area contributed by atoms with Gasteiger partial charge in [-0.3, -0.25) is 23.5 Å². The minimum atomic E-state index is -0.175. The largest absolute Gasteiger partial charge is 0.308 e. The highest BCUT2D eigenvalue weighted by atomic mass is 32.1. The van der Waals surface area contributed by atoms with Crippen molar-refractivity contribution in [3.63, 3.8) is 0 Å². The normalized spacial score (nSPS) is 11.3. The van der Waals surface area contributed by atoms with Crippen LogP contribution in [0.4, 0.5) is 0 Å². The molecule has 2 heterocycles. The molecule has 4 aromatic rings. The van der Waals surface area contributed by atoms with E-state index in [1.54, 1.807) is 0 Å². The van der Waals surface area contributed by atoms with E-state index in [1.165, 1.54) is 9.13 Å². The van der Waals surface area contributed by atoms with Gasteiger partial charge in [0, 0.05) is 0 Å². The molecule has 0 unspecified atom stereocenters. The number of hydrogen-bond acceptors (Lipinski definition) is 5. The van der Waals surface area contributed by atoms with Crippen LogP contribution in [0.5, 0.6) is 0 Å². The van der Waals surface area contributed by atoms with Gasteiger partial charge in [0.25, 0.3) is 0 Å². The molecule has 0 saturated carbocycles. The Bertz CT molecular complexity index is 1090. The molecule has 0 aliphatic heterocycles. The Morgan fingerprint density at radius 1 is 0.750 bits per heavy atom. The van der Waals surface area contributed by atoms with Crippen LogP contribution in [-0.2, 0) is 17.9 Å². The second-order valence-electron chi connectivity index (χ2n) is 5.38. The van der Waals surface area contributed by atoms with Crippen LogP contribution in [0.15, 0.2) is 58.1 Å². The number of carbonyl (C=O) groups excluding carboxylic acids is 1. The zero-order valence-corrected chi connectivity index (χ0v) is 14.1. The van der Waals surface area contributed by atoms with Gasteiger partial charge >= 0.3 is 9.75 Å². The number of benzene rings is 2. The smallest absolute Gasteiger partial charge is 0.296 e. The lowest BCUT2D eigenvalue weighted by atomic mass is 10.3. The second-order valence-corrected chi connectivity index (χ2v) is 7.37. The highest BCUT2D eigenvalue weighted by molar-refractivity contribution is 7.16. The molecule has 0 amide bonds. The van der Waals surface area contributed by atoms with Crippen molar-refractivity contribution >= 4 is 48.9 Å². The molecule has 0 fully saturated rings. The summed E-state index contributed by atoms with van der Waals surface area (Å²) in [6.07, 6.45) is 0. The Morgan fingerprint density at radius 2 is 1.17 bits per heavy atom. The lowest BCUT2D eigenvalue weighted by Gasteiger charge is -2.05. The zero-order chi connectivity index (χ0) is 16.7. The molecule has 2 aromatic heterocycles. The number of carbonyl (C=O) groups is 1. The van der Waals surface area contributed by atoms with E-state index in [2.05, 4.69) is 0 Å². The molecule has 0 aliphatic rings. The fourth-order valence-corrected chi connectivity index (χ4v) is 4.51. The number of nitrogens with zero attached hydrogens (tertiary/aromatic N) is 2. The summed E-state index contributed by atoms with van der Waals surface area (Å²) in [6.45, 7) is -0.0566. The molecule has 0 bridgehead atoms. The summed E-state index contributed by atoms with van der Waals surface area (Å²) in [5.74, 6) is -0.175. The van der Waals surface area contributed by atoms with Crippen LogP contribution in [-0.4, -0.2) is 14.9 Å². The number of para-hydroxylation sites is 2. The van der Waals surface area contributed by atoms with Gasteiger partial charge in [-0.1, -0.05) is 46.9 Å². The molecule has 4 rings (SSSR count). The van der Waals surface area contributed by atoms with Crippen LogP contribution in [0, 0.1) is 0 Å². The first-order valence-electron chi connectivity index (χ1n) is 7.32. The van der Waals surface area contributed by atoms with Crippen molar-refractivity contribution in [3.8, 4) is 0 Å². The summed E-state index contributed by atoms with van der Waals surface area (Å²) >= 11 is 2.25. The number of fused-ring (bicyclic) bond motifs is 2. The van der Waals surface area contributed by atoms with Crippen molar-refractivity contribution in [3.05, 3.63) is 67.9 Å². The molecule has 0 saturated heterocycles. The van der Waals surface area contributed by atoms with Gasteiger partial charge < -0.3 is 0 Å². The predicted octanol–water partition coefficient (Wildman–Crippen LogP) is 2.71. The second kappa shape index (κ2) is 5.85. The van der Waals surface area contributed by atoms with Gasteiger partial charge in [0.15, 0.2) is 5.78 Å². The summed E-state index contributed by atoms with van der Waals surface area (Å²) in [5.41, 5.74) is 1.51. The topological polar surface area (TPSA) is 61.1 Å². The van der Waals surface area contributed by atoms with Crippen molar-refractivity contribution in [2.75, 3.05) is 0 Å². The lowest BCUT2D eigenvalue weighted by Crippen LogP contribution is -2.25. The van der Waals surface area contributed by atoms with Crippen LogP contribution in [0.25, 0.3) is 20.4 Å². The average Bonchev–Trinajstić information content (AvgIpc) is 3.05. The van der Waals surface area contributed by atoms with E-state index in [1.807, 2.05) is 48.5 Å². The molecule has 0 spiro atoms. The molecule has 0 aliphatic carbocycles. The molecule has 5 nitrogen and oxygen atoms in total. The van der Waals surface area contributed by atoms with Crippen LogP contribution < -0.4 is 9.75 Å². The molecular weight excluding hydrogens is 344 g/mol. The first-order chi connectivity index (χ1) is 11.6. The summed E-state index contributed by atoms with van der Waals surface area (Å²) in [6, 6.07) is 14.8. The van der Waals surface area contributed by atoms with Gasteiger partial charge in [-0.2, -0.15) is 0 Å². The van der Waals surface area contributed by atoms with Gasteiger partial charge in [0.1, 0.15) is 0 Å². The molecule has 7 heteroatoms. The Morgan fingerprint density at radius 3 is 1.62 bits per heavy atom. The maximum absolute atomic E-state index is 12.5. The van der Waals surface area contributed by atoms with Gasteiger partial charge in [-0.25, -0.2) is 0 Å². The van der Waals surface area contributed by atoms with Gasteiger partial charge in [-0.05, 0) is 24.3 Å². The number of thiazole rings is 2. The van der Waals surface area contributed by atoms with E-state index in [4.69, 9.17) is 0 Å². The van der Waals surface area contributed by atoms with Crippen molar-refractivity contribution in [1.82, 2.24) is 9.13 Å². The van der Waals surface area contributed by atoms with Gasteiger partial charge in [-0.15, -0.1) is 0 Å². The monoisotopic (exact) mass is 356 g/mol. The van der Waals surface area contributed by atoms with E-state index >= 15 is 0 Å². The number of Topliss-reactive ketones (excluding diaryl/α,β-unsaturated/α-hetero) is 1.